The van der Waals surface area contributed by atoms with Gasteiger partial charge in [0.15, 0.2) is 0 Å². The summed E-state index contributed by atoms with van der Waals surface area (Å²) < 4.78 is 0. The van der Waals surface area contributed by atoms with Crippen LogP contribution in [0.2, 0.25) is 0 Å². The van der Waals surface area contributed by atoms with Crippen LogP contribution in [0.25, 0.3) is 0 Å². The molecule has 0 aromatic heterocycles. The highest BCUT2D eigenvalue weighted by Crippen LogP contribution is 2.17. The number of amides is 1. The Morgan fingerprint density at radius 1 is 1.56 bits per heavy atom. The Bertz CT molecular complexity index is 221. The van der Waals surface area contributed by atoms with E-state index in [4.69, 9.17) is 5.11 Å². The number of aliphatic hydroxyl groups is 1. The van der Waals surface area contributed by atoms with E-state index in [1.54, 1.807) is 6.92 Å². The molecule has 1 saturated heterocycles. The van der Waals surface area contributed by atoms with E-state index in [0.717, 1.165) is 39.1 Å². The Morgan fingerprint density at radius 3 is 2.88 bits per heavy atom. The molecule has 0 spiro atoms. The summed E-state index contributed by atoms with van der Waals surface area (Å²) in [6.07, 6.45) is 2.31. The van der Waals surface area contributed by atoms with E-state index in [2.05, 4.69) is 11.8 Å². The van der Waals surface area contributed by atoms with Gasteiger partial charge in [-0.3, -0.25) is 4.79 Å². The molecular formula is C12H24N2O2. The molecule has 1 atom stereocenters. The molecule has 0 aliphatic carbocycles. The molecule has 1 heterocycles. The van der Waals surface area contributed by atoms with Crippen molar-refractivity contribution < 1.29 is 9.90 Å². The molecule has 0 unspecified atom stereocenters. The number of hydrogen-bond acceptors (Lipinski definition) is 3. The van der Waals surface area contributed by atoms with Gasteiger partial charge in [-0.1, -0.05) is 6.92 Å². The number of likely N-dealkylation sites (tertiary alicyclic amines) is 1. The summed E-state index contributed by atoms with van der Waals surface area (Å²) in [5.41, 5.74) is 0. The van der Waals surface area contributed by atoms with Gasteiger partial charge in [0.1, 0.15) is 0 Å². The van der Waals surface area contributed by atoms with Crippen LogP contribution in [0.4, 0.5) is 0 Å². The van der Waals surface area contributed by atoms with Crippen molar-refractivity contribution in [3.8, 4) is 0 Å². The van der Waals surface area contributed by atoms with E-state index in [-0.39, 0.29) is 12.5 Å². The minimum Gasteiger partial charge on any atom is -0.395 e. The summed E-state index contributed by atoms with van der Waals surface area (Å²) in [4.78, 5) is 15.5. The number of hydrogen-bond donors (Lipinski definition) is 1. The number of carbonyl (C=O) groups excluding carboxylic acids is 1. The molecular weight excluding hydrogens is 204 g/mol. The van der Waals surface area contributed by atoms with Gasteiger partial charge in [-0.05, 0) is 25.3 Å². The molecule has 0 radical (unpaired) electrons. The van der Waals surface area contributed by atoms with Crippen molar-refractivity contribution in [2.24, 2.45) is 5.92 Å². The predicted octanol–water partition coefficient (Wildman–Crippen LogP) is 0.559. The summed E-state index contributed by atoms with van der Waals surface area (Å²) in [7, 11) is 0. The zero-order chi connectivity index (χ0) is 12.0. The van der Waals surface area contributed by atoms with Gasteiger partial charge in [0.05, 0.1) is 6.61 Å². The van der Waals surface area contributed by atoms with Crippen LogP contribution in [0.1, 0.15) is 26.7 Å². The lowest BCUT2D eigenvalue weighted by Crippen LogP contribution is -2.43. The van der Waals surface area contributed by atoms with Crippen LogP contribution in [0.5, 0.6) is 0 Å². The molecule has 1 fully saturated rings. The number of nitrogens with zero attached hydrogens (tertiary/aromatic N) is 2. The molecule has 0 aromatic rings. The quantitative estimate of drug-likeness (QED) is 0.748. The maximum atomic E-state index is 11.3. The smallest absolute Gasteiger partial charge is 0.219 e. The third-order valence-corrected chi connectivity index (χ3v) is 3.34. The Morgan fingerprint density at radius 2 is 2.31 bits per heavy atom. The summed E-state index contributed by atoms with van der Waals surface area (Å²) >= 11 is 0. The first-order chi connectivity index (χ1) is 7.67. The summed E-state index contributed by atoms with van der Waals surface area (Å²) in [6.45, 7) is 8.49. The minimum absolute atomic E-state index is 0.190. The average molecular weight is 228 g/mol. The number of rotatable bonds is 5. The van der Waals surface area contributed by atoms with Crippen LogP contribution < -0.4 is 0 Å². The maximum Gasteiger partial charge on any atom is 0.219 e. The topological polar surface area (TPSA) is 43.8 Å². The molecule has 0 aromatic carbocycles. The fraction of sp³-hybridized carbons (Fsp3) is 0.917. The van der Waals surface area contributed by atoms with Gasteiger partial charge in [-0.25, -0.2) is 0 Å². The second-order valence-corrected chi connectivity index (χ2v) is 4.59. The zero-order valence-electron chi connectivity index (χ0n) is 10.5. The first-order valence-electron chi connectivity index (χ1n) is 6.26. The standard InChI is InChI=1S/C12H24N2O2/c1-3-13(7-8-15)9-12-5-4-6-14(10-12)11(2)16/h12,15H,3-10H2,1-2H3/t12-/m0/s1. The monoisotopic (exact) mass is 228 g/mol. The normalized spacial score (nSPS) is 21.5. The number of aliphatic hydroxyl groups excluding tert-OH is 1. The fourth-order valence-electron chi connectivity index (χ4n) is 2.39. The molecule has 0 bridgehead atoms. The van der Waals surface area contributed by atoms with E-state index < -0.39 is 0 Å². The van der Waals surface area contributed by atoms with Gasteiger partial charge in [0.2, 0.25) is 5.91 Å². The van der Waals surface area contributed by atoms with Gasteiger partial charge in [-0.15, -0.1) is 0 Å². The number of carbonyl (C=O) groups is 1. The van der Waals surface area contributed by atoms with Crippen LogP contribution in [0, 0.1) is 5.92 Å². The van der Waals surface area contributed by atoms with Crippen LogP contribution >= 0.6 is 0 Å². The summed E-state index contributed by atoms with van der Waals surface area (Å²) in [5, 5.41) is 8.93. The SMILES string of the molecule is CCN(CCO)C[C@@H]1CCCN(C(C)=O)C1. The van der Waals surface area contributed by atoms with Gasteiger partial charge in [-0.2, -0.15) is 0 Å². The second-order valence-electron chi connectivity index (χ2n) is 4.59. The Hall–Kier alpha value is -0.610. The van der Waals surface area contributed by atoms with E-state index in [9.17, 15) is 4.79 Å². The van der Waals surface area contributed by atoms with Crippen LogP contribution in [-0.4, -0.2) is 60.1 Å². The maximum absolute atomic E-state index is 11.3. The molecule has 0 saturated carbocycles. The highest BCUT2D eigenvalue weighted by atomic mass is 16.3. The second kappa shape index (κ2) is 6.86. The molecule has 1 amide bonds. The highest BCUT2D eigenvalue weighted by molar-refractivity contribution is 5.73. The largest absolute Gasteiger partial charge is 0.395 e. The van der Waals surface area contributed by atoms with Crippen molar-refractivity contribution in [3.05, 3.63) is 0 Å². The van der Waals surface area contributed by atoms with Gasteiger partial charge in [0, 0.05) is 33.1 Å². The van der Waals surface area contributed by atoms with Crippen molar-refractivity contribution in [1.29, 1.82) is 0 Å². The van der Waals surface area contributed by atoms with E-state index in [0.29, 0.717) is 5.92 Å². The van der Waals surface area contributed by atoms with Crippen molar-refractivity contribution in [2.75, 3.05) is 39.3 Å². The lowest BCUT2D eigenvalue weighted by Gasteiger charge is -2.34. The first kappa shape index (κ1) is 13.5. The average Bonchev–Trinajstić information content (AvgIpc) is 2.29. The lowest BCUT2D eigenvalue weighted by molar-refractivity contribution is -0.130. The summed E-state index contributed by atoms with van der Waals surface area (Å²) in [6, 6.07) is 0. The van der Waals surface area contributed by atoms with Gasteiger partial charge < -0.3 is 14.9 Å². The van der Waals surface area contributed by atoms with Crippen LogP contribution in [-0.2, 0) is 4.79 Å². The minimum atomic E-state index is 0.190. The third-order valence-electron chi connectivity index (χ3n) is 3.34. The van der Waals surface area contributed by atoms with Crippen LogP contribution in [0.3, 0.4) is 0 Å². The Kier molecular flexibility index (Phi) is 5.77. The Balaban J connectivity index is 2.38. The van der Waals surface area contributed by atoms with E-state index in [1.807, 2.05) is 4.90 Å². The fourth-order valence-corrected chi connectivity index (χ4v) is 2.39. The summed E-state index contributed by atoms with van der Waals surface area (Å²) in [5.74, 6) is 0.763. The Labute approximate surface area is 98.2 Å². The van der Waals surface area contributed by atoms with Gasteiger partial charge in [0.25, 0.3) is 0 Å². The highest BCUT2D eigenvalue weighted by Gasteiger charge is 2.22. The van der Waals surface area contributed by atoms with Crippen molar-refractivity contribution in [1.82, 2.24) is 9.80 Å². The van der Waals surface area contributed by atoms with E-state index in [1.165, 1.54) is 6.42 Å². The molecule has 1 aliphatic heterocycles. The first-order valence-corrected chi connectivity index (χ1v) is 6.26. The number of piperidine rings is 1. The van der Waals surface area contributed by atoms with Crippen molar-refractivity contribution in [2.45, 2.75) is 26.7 Å². The van der Waals surface area contributed by atoms with Crippen molar-refractivity contribution >= 4 is 5.91 Å². The molecule has 1 rings (SSSR count). The van der Waals surface area contributed by atoms with E-state index >= 15 is 0 Å². The molecule has 1 N–H and O–H groups in total. The molecule has 1 aliphatic rings. The van der Waals surface area contributed by atoms with Crippen molar-refractivity contribution in [3.63, 3.8) is 0 Å². The lowest BCUT2D eigenvalue weighted by atomic mass is 9.97. The molecule has 4 nitrogen and oxygen atoms in total. The predicted molar refractivity (Wildman–Crippen MR) is 64.2 cm³/mol. The van der Waals surface area contributed by atoms with Crippen LogP contribution in [0.15, 0.2) is 0 Å². The third kappa shape index (κ3) is 4.10. The van der Waals surface area contributed by atoms with Gasteiger partial charge >= 0.3 is 0 Å². The zero-order valence-corrected chi connectivity index (χ0v) is 10.5. The molecule has 4 heteroatoms. The molecule has 94 valence electrons. The molecule has 16 heavy (non-hydrogen) atoms. The number of likely N-dealkylation sites (N-methyl/N-ethyl adjacent to an activating group) is 1.